The average molecular weight is 258 g/mol. The fourth-order valence-corrected chi connectivity index (χ4v) is 1.87. The van der Waals surface area contributed by atoms with Gasteiger partial charge in [0.15, 0.2) is 0 Å². The van der Waals surface area contributed by atoms with Gasteiger partial charge in [0.05, 0.1) is 12.8 Å². The van der Waals surface area contributed by atoms with Crippen LogP contribution in [0.3, 0.4) is 0 Å². The maximum atomic E-state index is 12.0. The first-order valence-corrected chi connectivity index (χ1v) is 6.18. The SMILES string of the molecule is Cc1ccc(NC(=O)N(C)Cc2ccco2)c(C)c1. The highest BCUT2D eigenvalue weighted by Gasteiger charge is 2.11. The van der Waals surface area contributed by atoms with E-state index in [1.54, 1.807) is 18.2 Å². The average Bonchev–Trinajstić information content (AvgIpc) is 2.85. The van der Waals surface area contributed by atoms with E-state index >= 15 is 0 Å². The van der Waals surface area contributed by atoms with Crippen LogP contribution in [0.25, 0.3) is 0 Å². The molecule has 4 nitrogen and oxygen atoms in total. The predicted molar refractivity (Wildman–Crippen MR) is 75.1 cm³/mol. The lowest BCUT2D eigenvalue weighted by Gasteiger charge is -2.17. The first-order valence-electron chi connectivity index (χ1n) is 6.18. The highest BCUT2D eigenvalue weighted by Crippen LogP contribution is 2.16. The summed E-state index contributed by atoms with van der Waals surface area (Å²) in [4.78, 5) is 13.6. The van der Waals surface area contributed by atoms with Crippen molar-refractivity contribution in [3.05, 3.63) is 53.5 Å². The van der Waals surface area contributed by atoms with E-state index in [9.17, 15) is 4.79 Å². The summed E-state index contributed by atoms with van der Waals surface area (Å²) in [7, 11) is 1.74. The van der Waals surface area contributed by atoms with Crippen molar-refractivity contribution in [2.24, 2.45) is 0 Å². The Kier molecular flexibility index (Phi) is 3.90. The van der Waals surface area contributed by atoms with Crippen LogP contribution in [-0.2, 0) is 6.54 Å². The highest BCUT2D eigenvalue weighted by molar-refractivity contribution is 5.89. The van der Waals surface area contributed by atoms with Crippen molar-refractivity contribution >= 4 is 11.7 Å². The van der Waals surface area contributed by atoms with E-state index in [2.05, 4.69) is 5.32 Å². The number of furan rings is 1. The molecule has 0 saturated carbocycles. The Morgan fingerprint density at radius 1 is 1.32 bits per heavy atom. The third-order valence-corrected chi connectivity index (χ3v) is 2.94. The molecule has 2 amide bonds. The number of aryl methyl sites for hydroxylation is 2. The number of nitrogens with zero attached hydrogens (tertiary/aromatic N) is 1. The Labute approximate surface area is 113 Å². The van der Waals surface area contributed by atoms with E-state index in [0.29, 0.717) is 6.54 Å². The molecule has 1 N–H and O–H groups in total. The first-order chi connectivity index (χ1) is 9.06. The topological polar surface area (TPSA) is 45.5 Å². The summed E-state index contributed by atoms with van der Waals surface area (Å²) >= 11 is 0. The van der Waals surface area contributed by atoms with Crippen LogP contribution in [0.15, 0.2) is 41.0 Å². The molecule has 1 heterocycles. The van der Waals surface area contributed by atoms with Crippen molar-refractivity contribution in [2.75, 3.05) is 12.4 Å². The molecule has 0 saturated heterocycles. The van der Waals surface area contributed by atoms with Crippen LogP contribution in [0.4, 0.5) is 10.5 Å². The number of carbonyl (C=O) groups is 1. The molecular formula is C15H18N2O2. The number of hydrogen-bond donors (Lipinski definition) is 1. The number of rotatable bonds is 3. The van der Waals surface area contributed by atoms with Crippen molar-refractivity contribution in [1.29, 1.82) is 0 Å². The van der Waals surface area contributed by atoms with Gasteiger partial charge in [0.1, 0.15) is 5.76 Å². The minimum absolute atomic E-state index is 0.150. The van der Waals surface area contributed by atoms with Gasteiger partial charge in [-0.15, -0.1) is 0 Å². The van der Waals surface area contributed by atoms with Gasteiger partial charge in [-0.1, -0.05) is 17.7 Å². The zero-order valence-corrected chi connectivity index (χ0v) is 11.4. The second-order valence-corrected chi connectivity index (χ2v) is 4.68. The minimum atomic E-state index is -0.150. The van der Waals surface area contributed by atoms with Crippen LogP contribution in [0.1, 0.15) is 16.9 Å². The van der Waals surface area contributed by atoms with Gasteiger partial charge >= 0.3 is 6.03 Å². The third-order valence-electron chi connectivity index (χ3n) is 2.94. The predicted octanol–water partition coefficient (Wildman–Crippen LogP) is 3.56. The Morgan fingerprint density at radius 3 is 2.74 bits per heavy atom. The van der Waals surface area contributed by atoms with Crippen LogP contribution in [0.5, 0.6) is 0 Å². The van der Waals surface area contributed by atoms with Gasteiger partial charge in [-0.3, -0.25) is 0 Å². The molecule has 0 bridgehead atoms. The summed E-state index contributed by atoms with van der Waals surface area (Å²) in [5.41, 5.74) is 3.07. The lowest BCUT2D eigenvalue weighted by atomic mass is 10.1. The molecular weight excluding hydrogens is 240 g/mol. The van der Waals surface area contributed by atoms with Crippen molar-refractivity contribution in [3.63, 3.8) is 0 Å². The fourth-order valence-electron chi connectivity index (χ4n) is 1.87. The van der Waals surface area contributed by atoms with Crippen LogP contribution in [-0.4, -0.2) is 18.0 Å². The van der Waals surface area contributed by atoms with E-state index in [1.807, 2.05) is 44.2 Å². The molecule has 1 aromatic carbocycles. The molecule has 0 radical (unpaired) electrons. The number of benzene rings is 1. The lowest BCUT2D eigenvalue weighted by molar-refractivity contribution is 0.217. The van der Waals surface area contributed by atoms with Gasteiger partial charge in [0.25, 0.3) is 0 Å². The molecule has 0 atom stereocenters. The van der Waals surface area contributed by atoms with E-state index in [1.165, 1.54) is 5.56 Å². The Bertz CT molecular complexity index is 562. The number of urea groups is 1. The van der Waals surface area contributed by atoms with Crippen LogP contribution < -0.4 is 5.32 Å². The highest BCUT2D eigenvalue weighted by atomic mass is 16.3. The monoisotopic (exact) mass is 258 g/mol. The second kappa shape index (κ2) is 5.61. The van der Waals surface area contributed by atoms with Gasteiger partial charge in [0, 0.05) is 12.7 Å². The van der Waals surface area contributed by atoms with Crippen molar-refractivity contribution in [3.8, 4) is 0 Å². The summed E-state index contributed by atoms with van der Waals surface area (Å²) < 4.78 is 5.22. The van der Waals surface area contributed by atoms with E-state index in [-0.39, 0.29) is 6.03 Å². The van der Waals surface area contributed by atoms with Gasteiger partial charge < -0.3 is 14.6 Å². The lowest BCUT2D eigenvalue weighted by Crippen LogP contribution is -2.30. The van der Waals surface area contributed by atoms with Crippen molar-refractivity contribution in [1.82, 2.24) is 4.90 Å². The molecule has 2 rings (SSSR count). The summed E-state index contributed by atoms with van der Waals surface area (Å²) in [6.07, 6.45) is 1.60. The summed E-state index contributed by atoms with van der Waals surface area (Å²) in [6.45, 7) is 4.46. The van der Waals surface area contributed by atoms with Crippen molar-refractivity contribution in [2.45, 2.75) is 20.4 Å². The quantitative estimate of drug-likeness (QED) is 0.914. The third kappa shape index (κ3) is 3.37. The van der Waals surface area contributed by atoms with Crippen LogP contribution >= 0.6 is 0 Å². The van der Waals surface area contributed by atoms with E-state index in [4.69, 9.17) is 4.42 Å². The molecule has 0 aliphatic rings. The second-order valence-electron chi connectivity index (χ2n) is 4.68. The molecule has 100 valence electrons. The Balaban J connectivity index is 2.00. The number of anilines is 1. The molecule has 0 fully saturated rings. The molecule has 0 aliphatic carbocycles. The summed E-state index contributed by atoms with van der Waals surface area (Å²) in [5.74, 6) is 0.762. The normalized spacial score (nSPS) is 10.3. The van der Waals surface area contributed by atoms with E-state index < -0.39 is 0 Å². The van der Waals surface area contributed by atoms with Gasteiger partial charge in [-0.05, 0) is 37.6 Å². The van der Waals surface area contributed by atoms with Gasteiger partial charge in [0.2, 0.25) is 0 Å². The molecule has 19 heavy (non-hydrogen) atoms. The molecule has 2 aromatic rings. The molecule has 4 heteroatoms. The van der Waals surface area contributed by atoms with E-state index in [0.717, 1.165) is 17.0 Å². The standard InChI is InChI=1S/C15H18N2O2/c1-11-6-7-14(12(2)9-11)16-15(18)17(3)10-13-5-4-8-19-13/h4-9H,10H2,1-3H3,(H,16,18). The Hall–Kier alpha value is -2.23. The molecule has 0 spiro atoms. The summed E-state index contributed by atoms with van der Waals surface area (Å²) in [5, 5.41) is 2.89. The van der Waals surface area contributed by atoms with Gasteiger partial charge in [-0.2, -0.15) is 0 Å². The smallest absolute Gasteiger partial charge is 0.321 e. The largest absolute Gasteiger partial charge is 0.467 e. The number of amides is 2. The van der Waals surface area contributed by atoms with Crippen LogP contribution in [0, 0.1) is 13.8 Å². The Morgan fingerprint density at radius 2 is 2.11 bits per heavy atom. The number of hydrogen-bond acceptors (Lipinski definition) is 2. The maximum absolute atomic E-state index is 12.0. The summed E-state index contributed by atoms with van der Waals surface area (Å²) in [6, 6.07) is 9.45. The first kappa shape index (κ1) is 13.2. The minimum Gasteiger partial charge on any atom is -0.467 e. The van der Waals surface area contributed by atoms with Gasteiger partial charge in [-0.25, -0.2) is 4.79 Å². The number of nitrogens with one attached hydrogen (secondary N) is 1. The zero-order chi connectivity index (χ0) is 13.8. The van der Waals surface area contributed by atoms with Crippen molar-refractivity contribution < 1.29 is 9.21 Å². The fraction of sp³-hybridized carbons (Fsp3) is 0.267. The van der Waals surface area contributed by atoms with Crippen LogP contribution in [0.2, 0.25) is 0 Å². The molecule has 0 unspecified atom stereocenters. The molecule has 0 aliphatic heterocycles. The number of carbonyl (C=O) groups excluding carboxylic acids is 1. The zero-order valence-electron chi connectivity index (χ0n) is 11.4. The maximum Gasteiger partial charge on any atom is 0.321 e. The molecule has 1 aromatic heterocycles.